The first-order chi connectivity index (χ1) is 6.07. The summed E-state index contributed by atoms with van der Waals surface area (Å²) in [4.78, 5) is 13.1. The maximum absolute atomic E-state index is 11.3. The molecule has 0 aromatic rings. The van der Waals surface area contributed by atoms with Crippen molar-refractivity contribution in [2.45, 2.75) is 13.3 Å². The first-order valence-electron chi connectivity index (χ1n) is 4.18. The van der Waals surface area contributed by atoms with Crippen LogP contribution in [0.15, 0.2) is 0 Å². The van der Waals surface area contributed by atoms with Gasteiger partial charge in [0.2, 0.25) is 5.91 Å². The summed E-state index contributed by atoms with van der Waals surface area (Å²) in [6, 6.07) is 0. The van der Waals surface area contributed by atoms with Gasteiger partial charge in [-0.25, -0.2) is 0 Å². The molecule has 0 rings (SSSR count). The predicted octanol–water partition coefficient (Wildman–Crippen LogP) is 0.158. The Morgan fingerprint density at radius 2 is 2.23 bits per heavy atom. The van der Waals surface area contributed by atoms with Crippen LogP contribution >= 0.6 is 12.2 Å². The Labute approximate surface area is 84.0 Å². The SMILES string of the molecule is CCOCCC(=O)N(C)CC(N)=S. The third kappa shape index (κ3) is 6.48. The highest BCUT2D eigenvalue weighted by Crippen LogP contribution is 1.91. The van der Waals surface area contributed by atoms with Gasteiger partial charge in [-0.05, 0) is 6.92 Å². The second-order valence-electron chi connectivity index (χ2n) is 2.66. The molecule has 0 aliphatic carbocycles. The van der Waals surface area contributed by atoms with Crippen LogP contribution in [0.3, 0.4) is 0 Å². The lowest BCUT2D eigenvalue weighted by atomic mass is 10.4. The molecule has 76 valence electrons. The lowest BCUT2D eigenvalue weighted by Gasteiger charge is -2.15. The van der Waals surface area contributed by atoms with E-state index in [0.717, 1.165) is 0 Å². The molecule has 0 saturated heterocycles. The van der Waals surface area contributed by atoms with Crippen molar-refractivity contribution in [2.75, 3.05) is 26.8 Å². The molecule has 5 heteroatoms. The fourth-order valence-corrected chi connectivity index (χ4v) is 1.01. The molecule has 0 spiro atoms. The van der Waals surface area contributed by atoms with Crippen LogP contribution < -0.4 is 5.73 Å². The van der Waals surface area contributed by atoms with Crippen molar-refractivity contribution < 1.29 is 9.53 Å². The van der Waals surface area contributed by atoms with Gasteiger partial charge in [0.25, 0.3) is 0 Å². The second-order valence-corrected chi connectivity index (χ2v) is 3.19. The minimum absolute atomic E-state index is 0.00116. The van der Waals surface area contributed by atoms with Crippen molar-refractivity contribution in [3.8, 4) is 0 Å². The summed E-state index contributed by atoms with van der Waals surface area (Å²) in [6.45, 7) is 3.31. The molecule has 13 heavy (non-hydrogen) atoms. The maximum atomic E-state index is 11.3. The minimum atomic E-state index is 0.00116. The Morgan fingerprint density at radius 1 is 1.62 bits per heavy atom. The molecular weight excluding hydrogens is 188 g/mol. The Balaban J connectivity index is 3.63. The lowest BCUT2D eigenvalue weighted by Crippen LogP contribution is -2.34. The average molecular weight is 204 g/mol. The highest BCUT2D eigenvalue weighted by molar-refractivity contribution is 7.80. The van der Waals surface area contributed by atoms with Crippen LogP contribution in [0.5, 0.6) is 0 Å². The zero-order chi connectivity index (χ0) is 10.3. The Morgan fingerprint density at radius 3 is 2.69 bits per heavy atom. The van der Waals surface area contributed by atoms with E-state index < -0.39 is 0 Å². The molecule has 0 unspecified atom stereocenters. The summed E-state index contributed by atoms with van der Waals surface area (Å²) in [5.74, 6) is 0.00116. The first kappa shape index (κ1) is 12.3. The van der Waals surface area contributed by atoms with Crippen LogP contribution in [0, 0.1) is 0 Å². The van der Waals surface area contributed by atoms with Crippen molar-refractivity contribution in [3.63, 3.8) is 0 Å². The van der Waals surface area contributed by atoms with Crippen molar-refractivity contribution in [2.24, 2.45) is 5.73 Å². The van der Waals surface area contributed by atoms with Gasteiger partial charge in [-0.3, -0.25) is 4.79 Å². The van der Waals surface area contributed by atoms with E-state index in [2.05, 4.69) is 12.2 Å². The van der Waals surface area contributed by atoms with Gasteiger partial charge in [-0.15, -0.1) is 0 Å². The van der Waals surface area contributed by atoms with E-state index in [4.69, 9.17) is 10.5 Å². The predicted molar refractivity (Wildman–Crippen MR) is 55.5 cm³/mol. The summed E-state index contributed by atoms with van der Waals surface area (Å²) in [5, 5.41) is 0. The van der Waals surface area contributed by atoms with Gasteiger partial charge in [0.15, 0.2) is 0 Å². The number of amides is 1. The van der Waals surface area contributed by atoms with Crippen LogP contribution in [0.25, 0.3) is 0 Å². The van der Waals surface area contributed by atoms with E-state index in [0.29, 0.717) is 31.2 Å². The zero-order valence-electron chi connectivity index (χ0n) is 8.08. The summed E-state index contributed by atoms with van der Waals surface area (Å²) < 4.78 is 5.05. The number of hydrogen-bond acceptors (Lipinski definition) is 3. The van der Waals surface area contributed by atoms with Crippen molar-refractivity contribution in [1.82, 2.24) is 4.90 Å². The molecule has 0 atom stereocenters. The molecule has 0 aromatic heterocycles. The standard InChI is InChI=1S/C8H16N2O2S/c1-3-12-5-4-8(11)10(2)6-7(9)13/h3-6H2,1-2H3,(H2,9,13). The number of thiocarbonyl (C=S) groups is 1. The van der Waals surface area contributed by atoms with E-state index in [-0.39, 0.29) is 5.91 Å². The van der Waals surface area contributed by atoms with Crippen LogP contribution in [0.4, 0.5) is 0 Å². The summed E-state index contributed by atoms with van der Waals surface area (Å²) >= 11 is 4.68. The van der Waals surface area contributed by atoms with E-state index >= 15 is 0 Å². The smallest absolute Gasteiger partial charge is 0.225 e. The number of hydrogen-bond donors (Lipinski definition) is 1. The topological polar surface area (TPSA) is 55.6 Å². The largest absolute Gasteiger partial charge is 0.392 e. The van der Waals surface area contributed by atoms with Crippen LogP contribution in [-0.2, 0) is 9.53 Å². The molecule has 0 fully saturated rings. The van der Waals surface area contributed by atoms with E-state index in [1.807, 2.05) is 6.92 Å². The number of nitrogens with zero attached hydrogens (tertiary/aromatic N) is 1. The van der Waals surface area contributed by atoms with Gasteiger partial charge in [0.1, 0.15) is 0 Å². The number of rotatable bonds is 6. The highest BCUT2D eigenvalue weighted by atomic mass is 32.1. The van der Waals surface area contributed by atoms with Crippen LogP contribution in [0.2, 0.25) is 0 Å². The fraction of sp³-hybridized carbons (Fsp3) is 0.750. The molecule has 0 aromatic carbocycles. The van der Waals surface area contributed by atoms with Gasteiger partial charge in [-0.1, -0.05) is 12.2 Å². The summed E-state index contributed by atoms with van der Waals surface area (Å²) in [5.41, 5.74) is 5.29. The van der Waals surface area contributed by atoms with E-state index in [9.17, 15) is 4.79 Å². The average Bonchev–Trinajstić information content (AvgIpc) is 2.03. The highest BCUT2D eigenvalue weighted by Gasteiger charge is 2.08. The van der Waals surface area contributed by atoms with Gasteiger partial charge in [-0.2, -0.15) is 0 Å². The molecular formula is C8H16N2O2S. The number of ether oxygens (including phenoxy) is 1. The Kier molecular flexibility index (Phi) is 6.44. The molecule has 0 saturated carbocycles. The Bertz CT molecular complexity index is 185. The number of carbonyl (C=O) groups excluding carboxylic acids is 1. The normalized spacial score (nSPS) is 9.69. The molecule has 0 aliphatic heterocycles. The maximum Gasteiger partial charge on any atom is 0.225 e. The van der Waals surface area contributed by atoms with Gasteiger partial charge in [0, 0.05) is 13.7 Å². The molecule has 1 amide bonds. The van der Waals surface area contributed by atoms with Crippen molar-refractivity contribution >= 4 is 23.1 Å². The van der Waals surface area contributed by atoms with Crippen molar-refractivity contribution in [3.05, 3.63) is 0 Å². The summed E-state index contributed by atoms with van der Waals surface area (Å²) in [6.07, 6.45) is 0.382. The van der Waals surface area contributed by atoms with Gasteiger partial charge >= 0.3 is 0 Å². The first-order valence-corrected chi connectivity index (χ1v) is 4.58. The Hall–Kier alpha value is -0.680. The molecule has 2 N–H and O–H groups in total. The van der Waals surface area contributed by atoms with Crippen molar-refractivity contribution in [1.29, 1.82) is 0 Å². The van der Waals surface area contributed by atoms with Gasteiger partial charge in [0.05, 0.1) is 24.6 Å². The lowest BCUT2D eigenvalue weighted by molar-refractivity contribution is -0.130. The monoisotopic (exact) mass is 204 g/mol. The summed E-state index contributed by atoms with van der Waals surface area (Å²) in [7, 11) is 1.67. The molecule has 0 bridgehead atoms. The van der Waals surface area contributed by atoms with Crippen LogP contribution in [-0.4, -0.2) is 42.6 Å². The number of likely N-dealkylation sites (N-methyl/N-ethyl adjacent to an activating group) is 1. The zero-order valence-corrected chi connectivity index (χ0v) is 8.89. The second kappa shape index (κ2) is 6.80. The molecule has 0 aliphatic rings. The minimum Gasteiger partial charge on any atom is -0.392 e. The third-order valence-corrected chi connectivity index (χ3v) is 1.61. The molecule has 4 nitrogen and oxygen atoms in total. The fourth-order valence-electron chi connectivity index (χ4n) is 0.817. The third-order valence-electron chi connectivity index (χ3n) is 1.48. The number of carbonyl (C=O) groups is 1. The van der Waals surface area contributed by atoms with E-state index in [1.165, 1.54) is 4.90 Å². The van der Waals surface area contributed by atoms with Gasteiger partial charge < -0.3 is 15.4 Å². The molecule has 0 radical (unpaired) electrons. The van der Waals surface area contributed by atoms with Crippen LogP contribution in [0.1, 0.15) is 13.3 Å². The van der Waals surface area contributed by atoms with E-state index in [1.54, 1.807) is 7.05 Å². The molecule has 0 heterocycles. The number of nitrogens with two attached hydrogens (primary N) is 1. The quantitative estimate of drug-likeness (QED) is 0.494.